The van der Waals surface area contributed by atoms with E-state index in [9.17, 15) is 9.36 Å². The maximum Gasteiger partial charge on any atom is 0.403 e. The van der Waals surface area contributed by atoms with Crippen LogP contribution in [-0.4, -0.2) is 32.6 Å². The molecule has 0 bridgehead atoms. The van der Waals surface area contributed by atoms with E-state index in [4.69, 9.17) is 15.3 Å². The predicted molar refractivity (Wildman–Crippen MR) is 27.3 cm³/mol. The summed E-state index contributed by atoms with van der Waals surface area (Å²) < 4.78 is 19.0. The largest absolute Gasteiger partial charge is 0.477 e. The zero-order valence-electron chi connectivity index (χ0n) is 4.92. The second-order valence-electron chi connectivity index (χ2n) is 2.24. The van der Waals surface area contributed by atoms with Crippen LogP contribution in [0.15, 0.2) is 0 Å². The van der Waals surface area contributed by atoms with Crippen molar-refractivity contribution in [2.75, 3.05) is 0 Å². The van der Waals surface area contributed by atoms with Gasteiger partial charge in [0.25, 0.3) is 0 Å². The smallest absolute Gasteiger partial charge is 0.403 e. The summed E-state index contributed by atoms with van der Waals surface area (Å²) in [5.74, 6) is -5.16. The number of aliphatic hydroxyl groups is 2. The van der Waals surface area contributed by atoms with Crippen LogP contribution in [0.5, 0.6) is 0 Å². The first-order valence-corrected chi connectivity index (χ1v) is 4.10. The third kappa shape index (κ3) is 0.545. The molecule has 2 heterocycles. The molecule has 0 aromatic carbocycles. The Morgan fingerprint density at radius 2 is 1.82 bits per heavy atom. The van der Waals surface area contributed by atoms with E-state index >= 15 is 0 Å². The van der Waals surface area contributed by atoms with Crippen LogP contribution < -0.4 is 0 Å². The molecule has 2 rings (SSSR count). The van der Waals surface area contributed by atoms with Crippen molar-refractivity contribution in [2.45, 2.75) is 11.3 Å². The van der Waals surface area contributed by atoms with Gasteiger partial charge in [0, 0.05) is 0 Å². The highest BCUT2D eigenvalue weighted by Crippen LogP contribution is 2.99. The maximum atomic E-state index is 10.6. The lowest BCUT2D eigenvalue weighted by Gasteiger charge is -2.12. The fraction of sp³-hybridized carbons (Fsp3) is 0.667. The second kappa shape index (κ2) is 1.37. The minimum Gasteiger partial charge on any atom is -0.477 e. The molecule has 8 heteroatoms. The van der Waals surface area contributed by atoms with E-state index < -0.39 is 24.9 Å². The first kappa shape index (κ1) is 7.20. The fourth-order valence-electron chi connectivity index (χ4n) is 0.745. The van der Waals surface area contributed by atoms with Crippen LogP contribution in [0.2, 0.25) is 0 Å². The summed E-state index contributed by atoms with van der Waals surface area (Å²) in [5.41, 5.74) is -2.16. The molecule has 2 aliphatic heterocycles. The van der Waals surface area contributed by atoms with Crippen molar-refractivity contribution in [3.05, 3.63) is 0 Å². The van der Waals surface area contributed by atoms with Crippen molar-refractivity contribution in [1.82, 2.24) is 0 Å². The molecule has 0 unspecified atom stereocenters. The Labute approximate surface area is 59.7 Å². The van der Waals surface area contributed by atoms with E-state index in [1.807, 2.05) is 0 Å². The van der Waals surface area contributed by atoms with E-state index in [0.29, 0.717) is 0 Å². The van der Waals surface area contributed by atoms with Crippen molar-refractivity contribution in [3.8, 4) is 0 Å². The number of carboxylic acids is 1. The average molecular weight is 182 g/mol. The molecule has 3 N–H and O–H groups in total. The highest BCUT2D eigenvalue weighted by Gasteiger charge is 3.01. The van der Waals surface area contributed by atoms with Gasteiger partial charge in [-0.25, -0.2) is 4.79 Å². The molecule has 0 spiro atoms. The zero-order chi connectivity index (χ0) is 8.49. The molecule has 2 saturated heterocycles. The lowest BCUT2D eigenvalue weighted by Crippen LogP contribution is -2.47. The van der Waals surface area contributed by atoms with Gasteiger partial charge in [0.15, 0.2) is 0 Å². The number of aliphatic carboxylic acids is 1. The van der Waals surface area contributed by atoms with Gasteiger partial charge in [0.1, 0.15) is 0 Å². The summed E-state index contributed by atoms with van der Waals surface area (Å²) in [7, 11) is -3.41. The van der Waals surface area contributed by atoms with Crippen LogP contribution in [0.4, 0.5) is 0 Å². The first-order chi connectivity index (χ1) is 4.86. The molecule has 0 radical (unpaired) electrons. The number of rotatable bonds is 2. The van der Waals surface area contributed by atoms with Crippen molar-refractivity contribution in [1.29, 1.82) is 0 Å². The maximum absolute atomic E-state index is 10.6. The Balaban J connectivity index is 2.31. The second-order valence-corrected chi connectivity index (χ2v) is 4.19. The number of carbonyl (C=O) groups is 1. The molecular formula is C3H3O7P. The van der Waals surface area contributed by atoms with E-state index in [2.05, 4.69) is 9.05 Å². The van der Waals surface area contributed by atoms with Gasteiger partial charge >= 0.3 is 24.9 Å². The van der Waals surface area contributed by atoms with Crippen LogP contribution in [0, 0.1) is 0 Å². The molecular weight excluding hydrogens is 179 g/mol. The molecule has 0 aromatic rings. The summed E-state index contributed by atoms with van der Waals surface area (Å²) in [6.07, 6.45) is 0. The number of hydrogen-bond donors (Lipinski definition) is 3. The van der Waals surface area contributed by atoms with Crippen LogP contribution >= 0.6 is 7.60 Å². The standard InChI is InChI=1S/C3H3O7P/c4-1(5)2(6,7)3-9-11(3,8)10-3/h6-7H,(H,4,5). The summed E-state index contributed by atoms with van der Waals surface area (Å²) >= 11 is 0. The molecule has 2 aliphatic rings. The van der Waals surface area contributed by atoms with E-state index in [0.717, 1.165) is 0 Å². The lowest BCUT2D eigenvalue weighted by molar-refractivity contribution is -0.251. The molecule has 7 nitrogen and oxygen atoms in total. The molecule has 2 fully saturated rings. The highest BCUT2D eigenvalue weighted by molar-refractivity contribution is 7.68. The normalized spacial score (nSPS) is 46.4. The third-order valence-corrected chi connectivity index (χ3v) is 3.40. The summed E-state index contributed by atoms with van der Waals surface area (Å²) in [6.45, 7) is 0. The van der Waals surface area contributed by atoms with Gasteiger partial charge in [-0.3, -0.25) is 13.6 Å². The van der Waals surface area contributed by atoms with Crippen molar-refractivity contribution >= 4 is 13.6 Å². The molecule has 0 aliphatic carbocycles. The molecule has 11 heavy (non-hydrogen) atoms. The Morgan fingerprint density at radius 1 is 1.45 bits per heavy atom. The van der Waals surface area contributed by atoms with E-state index in [1.54, 1.807) is 0 Å². The molecule has 0 saturated carbocycles. The van der Waals surface area contributed by atoms with E-state index in [1.165, 1.54) is 0 Å². The molecule has 62 valence electrons. The lowest BCUT2D eigenvalue weighted by atomic mass is 10.3. The van der Waals surface area contributed by atoms with Gasteiger partial charge in [-0.1, -0.05) is 0 Å². The minimum absolute atomic E-state index is 1.95. The molecule has 0 aromatic heterocycles. The first-order valence-electron chi connectivity index (χ1n) is 2.55. The fourth-order valence-corrected chi connectivity index (χ4v) is 2.46. The van der Waals surface area contributed by atoms with Gasteiger partial charge in [-0.15, -0.1) is 0 Å². The number of carboxylic acid groups (broad SMARTS) is 1. The van der Waals surface area contributed by atoms with Gasteiger partial charge in [0.05, 0.1) is 0 Å². The SMILES string of the molecule is O=C(O)C(O)(O)C12OP1(=O)O2. The number of hydrogen-bond acceptors (Lipinski definition) is 6. The average Bonchev–Trinajstić information content (AvgIpc) is 2.52. The van der Waals surface area contributed by atoms with Crippen molar-refractivity contribution < 1.29 is 33.7 Å². The third-order valence-electron chi connectivity index (χ3n) is 1.52. The molecule has 0 amide bonds. The quantitative estimate of drug-likeness (QED) is 0.274. The van der Waals surface area contributed by atoms with Gasteiger partial charge in [0.2, 0.25) is 0 Å². The molecule has 0 atom stereocenters. The minimum atomic E-state index is -3.41. The van der Waals surface area contributed by atoms with Gasteiger partial charge in [-0.2, -0.15) is 0 Å². The Hall–Kier alpha value is -0.460. The topological polar surface area (TPSA) is 120 Å². The Bertz CT molecular complexity index is 282. The monoisotopic (exact) mass is 182 g/mol. The van der Waals surface area contributed by atoms with E-state index in [-0.39, 0.29) is 0 Å². The van der Waals surface area contributed by atoms with Crippen LogP contribution in [0.1, 0.15) is 0 Å². The Morgan fingerprint density at radius 3 is 1.91 bits per heavy atom. The highest BCUT2D eigenvalue weighted by atomic mass is 31.2. The van der Waals surface area contributed by atoms with Crippen molar-refractivity contribution in [2.24, 2.45) is 0 Å². The number of fused-ring (bicyclic) bond motifs is 1. The summed E-state index contributed by atoms with van der Waals surface area (Å²) in [4.78, 5) is 10.1. The van der Waals surface area contributed by atoms with Crippen LogP contribution in [-0.2, 0) is 18.4 Å². The van der Waals surface area contributed by atoms with Crippen LogP contribution in [0.25, 0.3) is 0 Å². The van der Waals surface area contributed by atoms with Gasteiger partial charge in [-0.05, 0) is 0 Å². The zero-order valence-corrected chi connectivity index (χ0v) is 5.82. The summed E-state index contributed by atoms with van der Waals surface area (Å²) in [5, 5.41) is 25.6. The predicted octanol–water partition coefficient (Wildman–Crippen LogP) is -1.34. The van der Waals surface area contributed by atoms with Gasteiger partial charge < -0.3 is 15.3 Å². The summed E-state index contributed by atoms with van der Waals surface area (Å²) in [6, 6.07) is 0. The van der Waals surface area contributed by atoms with Crippen LogP contribution in [0.3, 0.4) is 0 Å². The van der Waals surface area contributed by atoms with Crippen molar-refractivity contribution in [3.63, 3.8) is 0 Å². The Kier molecular flexibility index (Phi) is 0.897.